The summed E-state index contributed by atoms with van der Waals surface area (Å²) in [5.41, 5.74) is 1.27. The Bertz CT molecular complexity index is 1060. The molecule has 1 heterocycles. The van der Waals surface area contributed by atoms with Gasteiger partial charge < -0.3 is 34.0 Å². The average molecular weight is 397 g/mol. The number of aryl methyl sites for hydroxylation is 1. The minimum atomic E-state index is -1.40. The quantitative estimate of drug-likeness (QED) is 0.647. The van der Waals surface area contributed by atoms with Crippen LogP contribution in [0.4, 0.5) is 0 Å². The molecule has 0 aliphatic carbocycles. The van der Waals surface area contributed by atoms with Gasteiger partial charge in [0.05, 0.1) is 38.9 Å². The fourth-order valence-electron chi connectivity index (χ4n) is 3.33. The van der Waals surface area contributed by atoms with Crippen LogP contribution < -0.4 is 24.6 Å². The van der Waals surface area contributed by atoms with Crippen LogP contribution in [0, 0.1) is 0 Å². The van der Waals surface area contributed by atoms with Crippen LogP contribution in [0.25, 0.3) is 10.9 Å². The summed E-state index contributed by atoms with van der Waals surface area (Å²) in [5, 5.41) is 14.8. The Morgan fingerprint density at radius 3 is 2.21 bits per heavy atom. The first kappa shape index (κ1) is 20.1. The fourth-order valence-corrected chi connectivity index (χ4v) is 3.33. The number of amides is 1. The molecule has 0 unspecified atom stereocenters. The number of carbonyl (C=O) groups is 2. The van der Waals surface area contributed by atoms with Crippen LogP contribution in [0.2, 0.25) is 0 Å². The second-order valence-electron chi connectivity index (χ2n) is 6.31. The van der Waals surface area contributed by atoms with Gasteiger partial charge in [0.1, 0.15) is 5.69 Å². The number of aromatic nitrogens is 1. The number of nitrogens with zero attached hydrogens (tertiary/aromatic N) is 1. The monoisotopic (exact) mass is 397 g/mol. The van der Waals surface area contributed by atoms with E-state index < -0.39 is 17.9 Å². The highest BCUT2D eigenvalue weighted by Gasteiger charge is 2.24. The molecule has 0 fully saturated rings. The van der Waals surface area contributed by atoms with Gasteiger partial charge in [0, 0.05) is 12.4 Å². The van der Waals surface area contributed by atoms with Gasteiger partial charge in [0.2, 0.25) is 5.75 Å². The maximum Gasteiger partial charge on any atom is 0.268 e. The number of nitrogens with one attached hydrogen (secondary N) is 1. The summed E-state index contributed by atoms with van der Waals surface area (Å²) in [7, 11) is 6.17. The number of ether oxygens (including phenoxy) is 3. The highest BCUT2D eigenvalue weighted by molar-refractivity contribution is 6.02. The number of hydrogen-bond donors (Lipinski definition) is 1. The van der Waals surface area contributed by atoms with Crippen LogP contribution >= 0.6 is 0 Å². The standard InChI is InChI=1S/C21H22N2O6/c1-23-14(20(24)22-16(21(25)26)12-8-6-5-7-9-12)10-13-11-15(27-2)18(28-3)19(29-4)17(13)23/h5-11,16H,1-4H3,(H,22,24)(H,25,26)/p-1/t16-/m1/s1. The molecule has 8 heteroatoms. The smallest absolute Gasteiger partial charge is 0.268 e. The van der Waals surface area contributed by atoms with Gasteiger partial charge in [-0.25, -0.2) is 0 Å². The average Bonchev–Trinajstić information content (AvgIpc) is 3.06. The zero-order valence-electron chi connectivity index (χ0n) is 16.5. The van der Waals surface area contributed by atoms with Gasteiger partial charge in [-0.1, -0.05) is 30.3 Å². The molecule has 0 aliphatic rings. The molecule has 1 N–H and O–H groups in total. The van der Waals surface area contributed by atoms with Gasteiger partial charge in [-0.2, -0.15) is 0 Å². The number of rotatable bonds is 7. The number of methoxy groups -OCH3 is 3. The molecule has 1 atom stereocenters. The molecule has 0 radical (unpaired) electrons. The van der Waals surface area contributed by atoms with Gasteiger partial charge in [0.25, 0.3) is 5.91 Å². The predicted molar refractivity (Wildman–Crippen MR) is 104 cm³/mol. The molecule has 3 aromatic rings. The van der Waals surface area contributed by atoms with E-state index in [0.29, 0.717) is 33.7 Å². The first-order chi connectivity index (χ1) is 13.9. The lowest BCUT2D eigenvalue weighted by Gasteiger charge is -2.20. The van der Waals surface area contributed by atoms with Crippen LogP contribution in [-0.4, -0.2) is 37.8 Å². The summed E-state index contributed by atoms with van der Waals surface area (Å²) in [6.07, 6.45) is 0. The largest absolute Gasteiger partial charge is 0.548 e. The Hall–Kier alpha value is -3.68. The molecule has 1 amide bonds. The number of benzene rings is 2. The van der Waals surface area contributed by atoms with E-state index in [9.17, 15) is 14.7 Å². The number of carbonyl (C=O) groups excluding carboxylic acids is 2. The number of carboxylic acids is 1. The second kappa shape index (κ2) is 8.14. The molecule has 29 heavy (non-hydrogen) atoms. The topological polar surface area (TPSA) is 102 Å². The molecular weight excluding hydrogens is 376 g/mol. The molecule has 2 aromatic carbocycles. The van der Waals surface area contributed by atoms with E-state index >= 15 is 0 Å². The van der Waals surface area contributed by atoms with Gasteiger partial charge in [0.15, 0.2) is 11.5 Å². The van der Waals surface area contributed by atoms with Crippen molar-refractivity contribution >= 4 is 22.8 Å². The van der Waals surface area contributed by atoms with Crippen molar-refractivity contribution in [3.8, 4) is 17.2 Å². The molecule has 0 bridgehead atoms. The van der Waals surface area contributed by atoms with Crippen LogP contribution in [0.15, 0.2) is 42.5 Å². The SMILES string of the molecule is COc1cc2cc(C(=O)N[C@@H](C(=O)[O-])c3ccccc3)n(C)c2c(OC)c1OC. The molecule has 3 rings (SSSR count). The van der Waals surface area contributed by atoms with E-state index in [2.05, 4.69) is 5.32 Å². The van der Waals surface area contributed by atoms with E-state index in [1.165, 1.54) is 21.3 Å². The van der Waals surface area contributed by atoms with Crippen molar-refractivity contribution in [2.24, 2.45) is 7.05 Å². The molecule has 1 aromatic heterocycles. The third-order valence-electron chi connectivity index (χ3n) is 4.70. The highest BCUT2D eigenvalue weighted by Crippen LogP contribution is 2.44. The highest BCUT2D eigenvalue weighted by atomic mass is 16.5. The van der Waals surface area contributed by atoms with E-state index in [0.717, 1.165) is 0 Å². The maximum atomic E-state index is 12.9. The molecular formula is C21H21N2O6-. The normalized spacial score (nSPS) is 11.7. The number of aliphatic carboxylic acids is 1. The summed E-state index contributed by atoms with van der Waals surface area (Å²) in [6, 6.07) is 10.4. The summed E-state index contributed by atoms with van der Waals surface area (Å²) in [4.78, 5) is 24.5. The van der Waals surface area contributed by atoms with Gasteiger partial charge in [-0.05, 0) is 17.7 Å². The summed E-state index contributed by atoms with van der Waals surface area (Å²) in [5.74, 6) is -0.715. The van der Waals surface area contributed by atoms with Crippen molar-refractivity contribution in [3.63, 3.8) is 0 Å². The molecule has 0 saturated heterocycles. The van der Waals surface area contributed by atoms with Crippen molar-refractivity contribution in [2.45, 2.75) is 6.04 Å². The third-order valence-corrected chi connectivity index (χ3v) is 4.70. The van der Waals surface area contributed by atoms with Gasteiger partial charge >= 0.3 is 0 Å². The van der Waals surface area contributed by atoms with Crippen molar-refractivity contribution < 1.29 is 28.9 Å². The lowest BCUT2D eigenvalue weighted by molar-refractivity contribution is -0.308. The fraction of sp³-hybridized carbons (Fsp3) is 0.238. The van der Waals surface area contributed by atoms with E-state index in [1.54, 1.807) is 54.1 Å². The Morgan fingerprint density at radius 1 is 1.00 bits per heavy atom. The van der Waals surface area contributed by atoms with Crippen LogP contribution in [0.1, 0.15) is 22.1 Å². The van der Waals surface area contributed by atoms with E-state index in [-0.39, 0.29) is 5.69 Å². The van der Waals surface area contributed by atoms with Crippen LogP contribution in [0.3, 0.4) is 0 Å². The van der Waals surface area contributed by atoms with Crippen molar-refractivity contribution in [1.29, 1.82) is 0 Å². The van der Waals surface area contributed by atoms with E-state index in [1.807, 2.05) is 0 Å². The summed E-state index contributed by atoms with van der Waals surface area (Å²) < 4.78 is 17.9. The van der Waals surface area contributed by atoms with E-state index in [4.69, 9.17) is 14.2 Å². The minimum Gasteiger partial charge on any atom is -0.548 e. The van der Waals surface area contributed by atoms with Gasteiger partial charge in [-0.3, -0.25) is 4.79 Å². The van der Waals surface area contributed by atoms with Crippen molar-refractivity contribution in [2.75, 3.05) is 21.3 Å². The lowest BCUT2D eigenvalue weighted by atomic mass is 10.1. The van der Waals surface area contributed by atoms with Crippen molar-refractivity contribution in [1.82, 2.24) is 9.88 Å². The zero-order valence-corrected chi connectivity index (χ0v) is 16.5. The Kier molecular flexibility index (Phi) is 5.63. The number of fused-ring (bicyclic) bond motifs is 1. The Morgan fingerprint density at radius 2 is 1.66 bits per heavy atom. The molecule has 0 aliphatic heterocycles. The zero-order chi connectivity index (χ0) is 21.1. The molecule has 8 nitrogen and oxygen atoms in total. The number of carboxylic acid groups (broad SMARTS) is 1. The molecule has 0 spiro atoms. The minimum absolute atomic E-state index is 0.246. The lowest BCUT2D eigenvalue weighted by Crippen LogP contribution is -2.41. The summed E-state index contributed by atoms with van der Waals surface area (Å²) >= 11 is 0. The number of hydrogen-bond acceptors (Lipinski definition) is 6. The molecule has 152 valence electrons. The van der Waals surface area contributed by atoms with Crippen LogP contribution in [-0.2, 0) is 11.8 Å². The first-order valence-corrected chi connectivity index (χ1v) is 8.78. The third kappa shape index (κ3) is 3.56. The van der Waals surface area contributed by atoms with Crippen molar-refractivity contribution in [3.05, 3.63) is 53.7 Å². The van der Waals surface area contributed by atoms with Gasteiger partial charge in [-0.15, -0.1) is 0 Å². The van der Waals surface area contributed by atoms with Crippen LogP contribution in [0.5, 0.6) is 17.2 Å². The first-order valence-electron chi connectivity index (χ1n) is 8.78. The Balaban J connectivity index is 2.06. The molecule has 0 saturated carbocycles. The maximum absolute atomic E-state index is 12.9. The second-order valence-corrected chi connectivity index (χ2v) is 6.31. The summed E-state index contributed by atoms with van der Waals surface area (Å²) in [6.45, 7) is 0. The Labute approximate surface area is 167 Å². The predicted octanol–water partition coefficient (Wildman–Crippen LogP) is 1.43.